The number of nitrogens with zero attached hydrogens (tertiary/aromatic N) is 1. The van der Waals surface area contributed by atoms with Crippen LogP contribution in [0.4, 0.5) is 17.1 Å². The van der Waals surface area contributed by atoms with E-state index in [2.05, 4.69) is 210 Å². The molecule has 0 atom stereocenters. The zero-order valence-corrected chi connectivity index (χ0v) is 34.4. The van der Waals surface area contributed by atoms with Crippen LogP contribution >= 0.6 is 0 Å². The van der Waals surface area contributed by atoms with E-state index in [0.717, 1.165) is 18.5 Å². The number of allylic oxidation sites excluding steroid dienone is 4. The smallest absolute Gasteiger partial charge is 0.0543 e. The van der Waals surface area contributed by atoms with Crippen LogP contribution in [-0.2, 0) is 16.2 Å². The van der Waals surface area contributed by atoms with Gasteiger partial charge in [-0.1, -0.05) is 163 Å². The summed E-state index contributed by atoms with van der Waals surface area (Å²) in [6, 6.07) is 55.2. The predicted octanol–water partition coefficient (Wildman–Crippen LogP) is 15.5. The van der Waals surface area contributed by atoms with E-state index in [0.29, 0.717) is 0 Å². The molecule has 1 nitrogen and oxygen atoms in total. The van der Waals surface area contributed by atoms with E-state index < -0.39 is 0 Å². The Morgan fingerprint density at radius 2 is 0.983 bits per heavy atom. The first-order chi connectivity index (χ1) is 28.0. The van der Waals surface area contributed by atoms with Crippen LogP contribution in [0.25, 0.3) is 50.1 Å². The van der Waals surface area contributed by atoms with E-state index in [1.807, 2.05) is 0 Å². The highest BCUT2D eigenvalue weighted by Gasteiger charge is 2.43. The van der Waals surface area contributed by atoms with Gasteiger partial charge in [-0.25, -0.2) is 0 Å². The Morgan fingerprint density at radius 3 is 1.76 bits per heavy atom. The molecule has 0 saturated heterocycles. The molecule has 1 heteroatoms. The zero-order chi connectivity index (χ0) is 39.6. The molecule has 11 rings (SSSR count). The molecular weight excluding hydrogens is 699 g/mol. The molecule has 282 valence electrons. The average molecular weight is 748 g/mol. The van der Waals surface area contributed by atoms with Gasteiger partial charge in [0.15, 0.2) is 0 Å². The number of hydrogen-bond acceptors (Lipinski definition) is 1. The highest BCUT2D eigenvalue weighted by Crippen LogP contribution is 2.59. The molecule has 7 aromatic carbocycles. The third-order valence-electron chi connectivity index (χ3n) is 14.1. The van der Waals surface area contributed by atoms with Gasteiger partial charge in [-0.15, -0.1) is 0 Å². The normalized spacial score (nSPS) is 16.8. The van der Waals surface area contributed by atoms with E-state index in [-0.39, 0.29) is 16.2 Å². The van der Waals surface area contributed by atoms with Crippen molar-refractivity contribution in [2.45, 2.75) is 70.6 Å². The fraction of sp³-hybridized carbons (Fsp3) is 0.193. The number of anilines is 3. The topological polar surface area (TPSA) is 3.24 Å². The lowest BCUT2D eigenvalue weighted by molar-refractivity contribution is 0.652. The first-order valence-electron chi connectivity index (χ1n) is 21.1. The Labute approximate surface area is 344 Å². The van der Waals surface area contributed by atoms with Crippen LogP contribution in [-0.4, -0.2) is 0 Å². The molecule has 0 heterocycles. The van der Waals surface area contributed by atoms with Crippen molar-refractivity contribution in [1.29, 1.82) is 0 Å². The molecule has 0 spiro atoms. The quantitative estimate of drug-likeness (QED) is 0.169. The monoisotopic (exact) mass is 747 g/mol. The summed E-state index contributed by atoms with van der Waals surface area (Å²) >= 11 is 0. The van der Waals surface area contributed by atoms with Gasteiger partial charge < -0.3 is 4.90 Å². The fourth-order valence-electron chi connectivity index (χ4n) is 11.0. The maximum atomic E-state index is 2.57. The Balaban J connectivity index is 1.09. The fourth-order valence-corrected chi connectivity index (χ4v) is 11.0. The lowest BCUT2D eigenvalue weighted by atomic mass is 9.79. The van der Waals surface area contributed by atoms with Crippen molar-refractivity contribution in [3.05, 3.63) is 203 Å². The standard InChI is InChI=1S/C57H49N/c1-55(2)46-23-14-13-21-43(46)54-48(55)25-16-26-52(54)58(39-29-27-37(28-30-39)36-17-9-7-10-18-36)40-31-32-42-44-34-51-45(35-50(44)57(5,6)49(42)33-40)53-41(38-19-11-8-12-20-38)22-15-24-47(53)56(51,3)4/h7,9-11,13-35H,8,12H2,1-6H3. The van der Waals surface area contributed by atoms with Crippen LogP contribution in [0.15, 0.2) is 164 Å². The molecule has 0 aliphatic heterocycles. The van der Waals surface area contributed by atoms with Crippen LogP contribution in [0.2, 0.25) is 0 Å². The summed E-state index contributed by atoms with van der Waals surface area (Å²) in [5.41, 5.74) is 25.0. The summed E-state index contributed by atoms with van der Waals surface area (Å²) in [7, 11) is 0. The zero-order valence-electron chi connectivity index (χ0n) is 34.4. The first-order valence-corrected chi connectivity index (χ1v) is 21.1. The Morgan fingerprint density at radius 1 is 0.397 bits per heavy atom. The average Bonchev–Trinajstić information content (AvgIpc) is 3.73. The Kier molecular flexibility index (Phi) is 7.49. The Hall–Kier alpha value is -6.18. The number of benzene rings is 7. The van der Waals surface area contributed by atoms with Crippen LogP contribution < -0.4 is 4.90 Å². The van der Waals surface area contributed by atoms with E-state index >= 15 is 0 Å². The molecule has 0 amide bonds. The van der Waals surface area contributed by atoms with Crippen LogP contribution in [0.3, 0.4) is 0 Å². The lowest BCUT2D eigenvalue weighted by Crippen LogP contribution is -2.18. The van der Waals surface area contributed by atoms with Crippen molar-refractivity contribution >= 4 is 22.6 Å². The summed E-state index contributed by atoms with van der Waals surface area (Å²) in [5, 5.41) is 0. The SMILES string of the molecule is CC1(C)c2cc(N(c3ccc(-c4ccccc4)cc3)c3cccc4c3-c3ccccc3C4(C)C)ccc2-c2cc3c(cc21)-c1c(C2=CCCC=C2)cccc1C3(C)C. The maximum absolute atomic E-state index is 2.57. The van der Waals surface area contributed by atoms with Gasteiger partial charge in [-0.2, -0.15) is 0 Å². The van der Waals surface area contributed by atoms with Gasteiger partial charge in [0.1, 0.15) is 0 Å². The molecule has 0 N–H and O–H groups in total. The van der Waals surface area contributed by atoms with Crippen LogP contribution in [0, 0.1) is 0 Å². The van der Waals surface area contributed by atoms with Gasteiger partial charge in [0.05, 0.1) is 5.69 Å². The van der Waals surface area contributed by atoms with Crippen molar-refractivity contribution in [1.82, 2.24) is 0 Å². The first kappa shape index (κ1) is 35.0. The van der Waals surface area contributed by atoms with Crippen molar-refractivity contribution < 1.29 is 0 Å². The van der Waals surface area contributed by atoms with Crippen molar-refractivity contribution in [3.8, 4) is 44.5 Å². The maximum Gasteiger partial charge on any atom is 0.0543 e. The van der Waals surface area contributed by atoms with Crippen molar-refractivity contribution in [2.75, 3.05) is 4.90 Å². The summed E-state index contributed by atoms with van der Waals surface area (Å²) in [5.74, 6) is 0. The molecule has 0 fully saturated rings. The molecule has 0 radical (unpaired) electrons. The number of rotatable bonds is 5. The van der Waals surface area contributed by atoms with Gasteiger partial charge in [-0.05, 0) is 139 Å². The molecular formula is C57H49N. The summed E-state index contributed by atoms with van der Waals surface area (Å²) in [6.07, 6.45) is 9.32. The minimum atomic E-state index is -0.197. The van der Waals surface area contributed by atoms with Crippen molar-refractivity contribution in [3.63, 3.8) is 0 Å². The summed E-state index contributed by atoms with van der Waals surface area (Å²) in [4.78, 5) is 2.52. The third-order valence-corrected chi connectivity index (χ3v) is 14.1. The second kappa shape index (κ2) is 12.4. The van der Waals surface area contributed by atoms with E-state index in [9.17, 15) is 0 Å². The van der Waals surface area contributed by atoms with Gasteiger partial charge in [-0.3, -0.25) is 0 Å². The number of fused-ring (bicyclic) bond motifs is 9. The highest BCUT2D eigenvalue weighted by molar-refractivity contribution is 5.98. The Bertz CT molecular complexity index is 2900. The largest absolute Gasteiger partial charge is 0.310 e. The van der Waals surface area contributed by atoms with Crippen LogP contribution in [0.1, 0.15) is 93.3 Å². The second-order valence-electron chi connectivity index (χ2n) is 18.4. The lowest BCUT2D eigenvalue weighted by Gasteiger charge is -2.30. The minimum absolute atomic E-state index is 0.0944. The molecule has 0 bridgehead atoms. The second-order valence-corrected chi connectivity index (χ2v) is 18.4. The van der Waals surface area contributed by atoms with Crippen LogP contribution in [0.5, 0.6) is 0 Å². The molecule has 58 heavy (non-hydrogen) atoms. The van der Waals surface area contributed by atoms with Gasteiger partial charge in [0.25, 0.3) is 0 Å². The predicted molar refractivity (Wildman–Crippen MR) is 246 cm³/mol. The molecule has 4 aliphatic carbocycles. The molecule has 0 saturated carbocycles. The van der Waals surface area contributed by atoms with Crippen molar-refractivity contribution in [2.24, 2.45) is 0 Å². The summed E-state index contributed by atoms with van der Waals surface area (Å²) in [6.45, 7) is 14.5. The third kappa shape index (κ3) is 4.89. The highest BCUT2D eigenvalue weighted by atomic mass is 15.1. The molecule has 0 unspecified atom stereocenters. The molecule has 7 aromatic rings. The van der Waals surface area contributed by atoms with E-state index in [1.54, 1.807) is 0 Å². The van der Waals surface area contributed by atoms with Gasteiger partial charge >= 0.3 is 0 Å². The van der Waals surface area contributed by atoms with Gasteiger partial charge in [0.2, 0.25) is 0 Å². The molecule has 0 aromatic heterocycles. The minimum Gasteiger partial charge on any atom is -0.310 e. The number of hydrogen-bond donors (Lipinski definition) is 0. The van der Waals surface area contributed by atoms with Gasteiger partial charge in [0, 0.05) is 33.2 Å². The van der Waals surface area contributed by atoms with E-state index in [1.165, 1.54) is 100 Å². The summed E-state index contributed by atoms with van der Waals surface area (Å²) < 4.78 is 0. The van der Waals surface area contributed by atoms with E-state index in [4.69, 9.17) is 0 Å². The molecule has 4 aliphatic rings.